The Morgan fingerprint density at radius 3 is 2.23 bits per heavy atom. The molecule has 1 fully saturated rings. The van der Waals surface area contributed by atoms with Crippen LogP contribution in [0.2, 0.25) is 0 Å². The second kappa shape index (κ2) is 8.70. The van der Waals surface area contributed by atoms with E-state index in [4.69, 9.17) is 4.74 Å². The maximum atomic E-state index is 11.8. The molecule has 0 aromatic heterocycles. The molecule has 0 amide bonds. The standard InChI is InChI=1S/C23H31NO2/c1-3-23(25,20-12-14-21(26-2)15-13-20)22(19-10-6-4-7-11-19)18-24-16-8-5-9-17-24/h4,6-7,10-15,22,25H,3,5,8-9,16-18H2,1-2H3. The summed E-state index contributed by atoms with van der Waals surface area (Å²) in [4.78, 5) is 2.52. The van der Waals surface area contributed by atoms with Crippen LogP contribution in [-0.4, -0.2) is 36.8 Å². The number of benzene rings is 2. The third-order valence-corrected chi connectivity index (χ3v) is 5.80. The highest BCUT2D eigenvalue weighted by Crippen LogP contribution is 2.41. The molecule has 0 radical (unpaired) electrons. The third-order valence-electron chi connectivity index (χ3n) is 5.80. The SMILES string of the molecule is CCC(O)(c1ccc(OC)cc1)C(CN1CCCCC1)c1ccccc1. The monoisotopic (exact) mass is 353 g/mol. The van der Waals surface area contributed by atoms with Gasteiger partial charge in [-0.25, -0.2) is 0 Å². The number of nitrogens with zero attached hydrogens (tertiary/aromatic N) is 1. The van der Waals surface area contributed by atoms with Gasteiger partial charge in [0.2, 0.25) is 0 Å². The van der Waals surface area contributed by atoms with Crippen molar-refractivity contribution in [2.75, 3.05) is 26.7 Å². The summed E-state index contributed by atoms with van der Waals surface area (Å²) in [5, 5.41) is 11.8. The predicted octanol–water partition coefficient (Wildman–Crippen LogP) is 4.56. The van der Waals surface area contributed by atoms with Crippen molar-refractivity contribution in [2.24, 2.45) is 0 Å². The minimum absolute atomic E-state index is 0.0418. The van der Waals surface area contributed by atoms with Crippen LogP contribution >= 0.6 is 0 Å². The number of piperidine rings is 1. The van der Waals surface area contributed by atoms with Gasteiger partial charge < -0.3 is 14.7 Å². The fourth-order valence-electron chi connectivity index (χ4n) is 4.15. The van der Waals surface area contributed by atoms with Crippen LogP contribution in [0.5, 0.6) is 5.75 Å². The Kier molecular flexibility index (Phi) is 6.33. The van der Waals surface area contributed by atoms with Crippen LogP contribution in [0.4, 0.5) is 0 Å². The van der Waals surface area contributed by atoms with Crippen LogP contribution in [0.1, 0.15) is 49.7 Å². The topological polar surface area (TPSA) is 32.7 Å². The van der Waals surface area contributed by atoms with E-state index < -0.39 is 5.60 Å². The van der Waals surface area contributed by atoms with Gasteiger partial charge in [-0.15, -0.1) is 0 Å². The van der Waals surface area contributed by atoms with Gasteiger partial charge >= 0.3 is 0 Å². The highest BCUT2D eigenvalue weighted by molar-refractivity contribution is 5.35. The summed E-state index contributed by atoms with van der Waals surface area (Å²) in [5.74, 6) is 0.861. The average Bonchev–Trinajstić information content (AvgIpc) is 2.73. The molecule has 1 aliphatic heterocycles. The molecule has 2 atom stereocenters. The van der Waals surface area contributed by atoms with Gasteiger partial charge in [-0.2, -0.15) is 0 Å². The van der Waals surface area contributed by atoms with E-state index in [1.54, 1.807) is 7.11 Å². The van der Waals surface area contributed by atoms with Crippen molar-refractivity contribution in [3.63, 3.8) is 0 Å². The first kappa shape index (κ1) is 18.9. The molecule has 2 unspecified atom stereocenters. The highest BCUT2D eigenvalue weighted by Gasteiger charge is 2.39. The van der Waals surface area contributed by atoms with Crippen LogP contribution in [0, 0.1) is 0 Å². The number of methoxy groups -OCH3 is 1. The lowest BCUT2D eigenvalue weighted by molar-refractivity contribution is -0.0105. The van der Waals surface area contributed by atoms with Gasteiger partial charge in [-0.3, -0.25) is 0 Å². The van der Waals surface area contributed by atoms with Gasteiger partial charge in [0.25, 0.3) is 0 Å². The molecule has 2 aromatic carbocycles. The largest absolute Gasteiger partial charge is 0.497 e. The minimum Gasteiger partial charge on any atom is -0.497 e. The van der Waals surface area contributed by atoms with Crippen LogP contribution in [0.15, 0.2) is 54.6 Å². The minimum atomic E-state index is -0.898. The maximum absolute atomic E-state index is 11.8. The normalized spacial score (nSPS) is 18.9. The number of likely N-dealkylation sites (tertiary alicyclic amines) is 1. The Balaban J connectivity index is 1.95. The number of hydrogen-bond acceptors (Lipinski definition) is 3. The molecular weight excluding hydrogens is 322 g/mol. The van der Waals surface area contributed by atoms with Crippen LogP contribution < -0.4 is 4.74 Å². The lowest BCUT2D eigenvalue weighted by atomic mass is 9.75. The number of rotatable bonds is 7. The molecule has 3 heteroatoms. The molecule has 1 saturated heterocycles. The van der Waals surface area contributed by atoms with Crippen LogP contribution in [0.25, 0.3) is 0 Å². The van der Waals surface area contributed by atoms with E-state index in [0.717, 1.165) is 30.9 Å². The first-order chi connectivity index (χ1) is 12.7. The fourth-order valence-corrected chi connectivity index (χ4v) is 4.15. The lowest BCUT2D eigenvalue weighted by Crippen LogP contribution is -2.42. The molecule has 1 N–H and O–H groups in total. The Morgan fingerprint density at radius 2 is 1.65 bits per heavy atom. The molecule has 0 spiro atoms. The highest BCUT2D eigenvalue weighted by atomic mass is 16.5. The zero-order valence-electron chi connectivity index (χ0n) is 16.0. The van der Waals surface area contributed by atoms with E-state index in [9.17, 15) is 5.11 Å². The molecule has 1 heterocycles. The van der Waals surface area contributed by atoms with Crippen LogP contribution in [-0.2, 0) is 5.60 Å². The van der Waals surface area contributed by atoms with Gasteiger partial charge in [0, 0.05) is 12.5 Å². The van der Waals surface area contributed by atoms with E-state index in [0.29, 0.717) is 6.42 Å². The summed E-state index contributed by atoms with van der Waals surface area (Å²) >= 11 is 0. The van der Waals surface area contributed by atoms with Crippen molar-refractivity contribution in [1.82, 2.24) is 4.90 Å². The molecular formula is C23H31NO2. The maximum Gasteiger partial charge on any atom is 0.118 e. The van der Waals surface area contributed by atoms with E-state index in [1.165, 1.54) is 24.8 Å². The summed E-state index contributed by atoms with van der Waals surface area (Å²) in [6, 6.07) is 18.4. The molecule has 2 aromatic rings. The van der Waals surface area contributed by atoms with Gasteiger partial charge in [-0.1, -0.05) is 55.8 Å². The summed E-state index contributed by atoms with van der Waals surface area (Å²) in [6.07, 6.45) is 4.51. The Labute approximate surface area is 157 Å². The van der Waals surface area contributed by atoms with Crippen molar-refractivity contribution in [3.05, 3.63) is 65.7 Å². The second-order valence-electron chi connectivity index (χ2n) is 7.33. The predicted molar refractivity (Wildman–Crippen MR) is 107 cm³/mol. The van der Waals surface area contributed by atoms with Gasteiger partial charge in [-0.05, 0) is 55.6 Å². The van der Waals surface area contributed by atoms with Crippen molar-refractivity contribution < 1.29 is 9.84 Å². The fraction of sp³-hybridized carbons (Fsp3) is 0.478. The molecule has 26 heavy (non-hydrogen) atoms. The smallest absolute Gasteiger partial charge is 0.118 e. The van der Waals surface area contributed by atoms with Crippen molar-refractivity contribution in [1.29, 1.82) is 0 Å². The molecule has 140 valence electrons. The van der Waals surface area contributed by atoms with E-state index in [-0.39, 0.29) is 5.92 Å². The van der Waals surface area contributed by atoms with Gasteiger partial charge in [0.1, 0.15) is 5.75 Å². The Bertz CT molecular complexity index is 664. The van der Waals surface area contributed by atoms with E-state index >= 15 is 0 Å². The zero-order valence-corrected chi connectivity index (χ0v) is 16.0. The molecule has 3 rings (SSSR count). The molecule has 1 aliphatic rings. The van der Waals surface area contributed by atoms with Crippen molar-refractivity contribution in [2.45, 2.75) is 44.1 Å². The summed E-state index contributed by atoms with van der Waals surface area (Å²) in [6.45, 7) is 5.23. The average molecular weight is 354 g/mol. The lowest BCUT2D eigenvalue weighted by Gasteiger charge is -2.40. The first-order valence-electron chi connectivity index (χ1n) is 9.81. The zero-order chi connectivity index (χ0) is 18.4. The molecule has 3 nitrogen and oxygen atoms in total. The van der Waals surface area contributed by atoms with E-state index in [2.05, 4.69) is 36.1 Å². The molecule has 0 bridgehead atoms. The quantitative estimate of drug-likeness (QED) is 0.792. The second-order valence-corrected chi connectivity index (χ2v) is 7.33. The van der Waals surface area contributed by atoms with Gasteiger partial charge in [0.15, 0.2) is 0 Å². The Hall–Kier alpha value is -1.84. The summed E-state index contributed by atoms with van der Waals surface area (Å²) in [7, 11) is 1.67. The first-order valence-corrected chi connectivity index (χ1v) is 9.81. The van der Waals surface area contributed by atoms with Crippen molar-refractivity contribution in [3.8, 4) is 5.75 Å². The summed E-state index contributed by atoms with van der Waals surface area (Å²) in [5.41, 5.74) is 1.27. The third kappa shape index (κ3) is 4.11. The van der Waals surface area contributed by atoms with Crippen molar-refractivity contribution >= 4 is 0 Å². The molecule has 0 saturated carbocycles. The number of ether oxygens (including phenoxy) is 1. The number of aliphatic hydroxyl groups is 1. The molecule has 0 aliphatic carbocycles. The van der Waals surface area contributed by atoms with Crippen LogP contribution in [0.3, 0.4) is 0 Å². The van der Waals surface area contributed by atoms with Gasteiger partial charge in [0.05, 0.1) is 12.7 Å². The number of hydrogen-bond donors (Lipinski definition) is 1. The Morgan fingerprint density at radius 1 is 1.00 bits per heavy atom. The van der Waals surface area contributed by atoms with E-state index in [1.807, 2.05) is 30.3 Å². The summed E-state index contributed by atoms with van der Waals surface area (Å²) < 4.78 is 5.29.